The summed E-state index contributed by atoms with van der Waals surface area (Å²) in [6, 6.07) is 9.45. The summed E-state index contributed by atoms with van der Waals surface area (Å²) in [6.07, 6.45) is 0. The third-order valence-corrected chi connectivity index (χ3v) is 2.89. The summed E-state index contributed by atoms with van der Waals surface area (Å²) in [6.45, 7) is 1.84. The van der Waals surface area contributed by atoms with Gasteiger partial charge in [-0.05, 0) is 24.6 Å². The van der Waals surface area contributed by atoms with Crippen molar-refractivity contribution in [1.82, 2.24) is 5.48 Å². The van der Waals surface area contributed by atoms with Gasteiger partial charge in [-0.15, -0.1) is 5.48 Å². The van der Waals surface area contributed by atoms with Crippen molar-refractivity contribution >= 4 is 0 Å². The fourth-order valence-corrected chi connectivity index (χ4v) is 1.80. The first kappa shape index (κ1) is 11.3. The van der Waals surface area contributed by atoms with E-state index in [0.29, 0.717) is 5.57 Å². The molecule has 1 atom stereocenters. The van der Waals surface area contributed by atoms with Crippen LogP contribution in [0.25, 0.3) is 0 Å². The molecule has 0 fully saturated rings. The summed E-state index contributed by atoms with van der Waals surface area (Å²) in [4.78, 5) is 5.04. The molecular formula is C12H13N3O2. The number of methoxy groups -OCH3 is 1. The second kappa shape index (κ2) is 4.00. The minimum Gasteiger partial charge on any atom is -0.497 e. The van der Waals surface area contributed by atoms with Gasteiger partial charge in [0.2, 0.25) is 5.88 Å². The highest BCUT2D eigenvalue weighted by atomic mass is 16.7. The van der Waals surface area contributed by atoms with E-state index in [2.05, 4.69) is 11.5 Å². The maximum Gasteiger partial charge on any atom is 0.225 e. The molecule has 5 nitrogen and oxygen atoms in total. The van der Waals surface area contributed by atoms with Crippen molar-refractivity contribution in [1.29, 1.82) is 5.26 Å². The lowest BCUT2D eigenvalue weighted by atomic mass is 9.86. The molecule has 1 aromatic rings. The topological polar surface area (TPSA) is 80.3 Å². The molecule has 1 aliphatic rings. The third kappa shape index (κ3) is 1.69. The van der Waals surface area contributed by atoms with Gasteiger partial charge in [0.1, 0.15) is 22.9 Å². The molecule has 1 unspecified atom stereocenters. The minimum absolute atomic E-state index is 0.116. The Balaban J connectivity index is 2.43. The molecule has 0 spiro atoms. The Morgan fingerprint density at radius 1 is 1.41 bits per heavy atom. The van der Waals surface area contributed by atoms with Gasteiger partial charge in [-0.2, -0.15) is 5.26 Å². The first-order valence-corrected chi connectivity index (χ1v) is 5.10. The molecule has 1 heterocycles. The predicted molar refractivity (Wildman–Crippen MR) is 61.4 cm³/mol. The van der Waals surface area contributed by atoms with Crippen molar-refractivity contribution < 1.29 is 9.57 Å². The zero-order valence-electron chi connectivity index (χ0n) is 9.65. The number of rotatable bonds is 2. The molecule has 5 heteroatoms. The van der Waals surface area contributed by atoms with E-state index >= 15 is 0 Å². The fourth-order valence-electron chi connectivity index (χ4n) is 1.80. The van der Waals surface area contributed by atoms with Crippen molar-refractivity contribution in [3.63, 3.8) is 0 Å². The zero-order valence-corrected chi connectivity index (χ0v) is 9.65. The second-order valence-electron chi connectivity index (χ2n) is 3.91. The minimum atomic E-state index is -0.717. The van der Waals surface area contributed by atoms with Crippen LogP contribution in [-0.4, -0.2) is 7.11 Å². The van der Waals surface area contributed by atoms with E-state index in [4.69, 9.17) is 20.6 Å². The van der Waals surface area contributed by atoms with Gasteiger partial charge in [-0.25, -0.2) is 0 Å². The number of nitrogens with one attached hydrogen (secondary N) is 1. The van der Waals surface area contributed by atoms with E-state index in [0.717, 1.165) is 11.3 Å². The largest absolute Gasteiger partial charge is 0.497 e. The molecule has 1 aromatic carbocycles. The van der Waals surface area contributed by atoms with Crippen molar-refractivity contribution in [3.8, 4) is 11.8 Å². The van der Waals surface area contributed by atoms with E-state index in [9.17, 15) is 0 Å². The van der Waals surface area contributed by atoms with Crippen LogP contribution in [0.3, 0.4) is 0 Å². The SMILES string of the molecule is COc1ccc(C2(C)NOC(N)=C2C#N)cc1. The Labute approximate surface area is 99.4 Å². The highest BCUT2D eigenvalue weighted by Crippen LogP contribution is 2.34. The Bertz CT molecular complexity index is 501. The molecule has 17 heavy (non-hydrogen) atoms. The Morgan fingerprint density at radius 3 is 2.59 bits per heavy atom. The molecule has 88 valence electrons. The lowest BCUT2D eigenvalue weighted by molar-refractivity contribution is 0.0822. The zero-order chi connectivity index (χ0) is 12.5. The van der Waals surface area contributed by atoms with E-state index in [1.165, 1.54) is 0 Å². The number of nitrogens with zero attached hydrogens (tertiary/aromatic N) is 1. The molecule has 3 N–H and O–H groups in total. The van der Waals surface area contributed by atoms with Gasteiger partial charge in [-0.3, -0.25) is 0 Å². The average molecular weight is 231 g/mol. The van der Waals surface area contributed by atoms with Crippen molar-refractivity contribution in [2.75, 3.05) is 7.11 Å². The predicted octanol–water partition coefficient (Wildman–Crippen LogP) is 1.14. The monoisotopic (exact) mass is 231 g/mol. The highest BCUT2D eigenvalue weighted by molar-refractivity contribution is 5.45. The summed E-state index contributed by atoms with van der Waals surface area (Å²) >= 11 is 0. The van der Waals surface area contributed by atoms with Gasteiger partial charge in [0.25, 0.3) is 0 Å². The van der Waals surface area contributed by atoms with E-state index in [1.54, 1.807) is 7.11 Å². The van der Waals surface area contributed by atoms with Crippen LogP contribution in [-0.2, 0) is 10.4 Å². The number of ether oxygens (including phenoxy) is 1. The maximum atomic E-state index is 9.10. The van der Waals surface area contributed by atoms with Crippen molar-refractivity contribution in [3.05, 3.63) is 41.3 Å². The molecule has 0 aliphatic carbocycles. The van der Waals surface area contributed by atoms with Crippen LogP contribution in [0.4, 0.5) is 0 Å². The van der Waals surface area contributed by atoms with Crippen LogP contribution in [0.1, 0.15) is 12.5 Å². The molecular weight excluding hydrogens is 218 g/mol. The number of hydroxylamine groups is 1. The maximum absolute atomic E-state index is 9.10. The summed E-state index contributed by atoms with van der Waals surface area (Å²) < 4.78 is 5.09. The molecule has 2 rings (SSSR count). The molecule has 0 radical (unpaired) electrons. The third-order valence-electron chi connectivity index (χ3n) is 2.89. The summed E-state index contributed by atoms with van der Waals surface area (Å²) in [5.74, 6) is 0.873. The van der Waals surface area contributed by atoms with Gasteiger partial charge in [-0.1, -0.05) is 12.1 Å². The van der Waals surface area contributed by atoms with Crippen molar-refractivity contribution in [2.24, 2.45) is 5.73 Å². The smallest absolute Gasteiger partial charge is 0.225 e. The van der Waals surface area contributed by atoms with Gasteiger partial charge < -0.3 is 15.3 Å². The quantitative estimate of drug-likeness (QED) is 0.797. The highest BCUT2D eigenvalue weighted by Gasteiger charge is 2.40. The summed E-state index contributed by atoms with van der Waals surface area (Å²) in [5, 5.41) is 9.10. The van der Waals surface area contributed by atoms with Crippen LogP contribution in [0.2, 0.25) is 0 Å². The Morgan fingerprint density at radius 2 is 2.06 bits per heavy atom. The van der Waals surface area contributed by atoms with Gasteiger partial charge >= 0.3 is 0 Å². The first-order valence-electron chi connectivity index (χ1n) is 5.10. The normalized spacial score (nSPS) is 23.1. The number of hydrogen-bond acceptors (Lipinski definition) is 5. The number of benzene rings is 1. The van der Waals surface area contributed by atoms with E-state index in [-0.39, 0.29) is 5.88 Å². The van der Waals surface area contributed by atoms with Crippen LogP contribution < -0.4 is 16.0 Å². The molecule has 0 bridgehead atoms. The average Bonchev–Trinajstić information content (AvgIpc) is 2.66. The van der Waals surface area contributed by atoms with Gasteiger partial charge in [0.15, 0.2) is 0 Å². The lowest BCUT2D eigenvalue weighted by Gasteiger charge is -2.23. The lowest BCUT2D eigenvalue weighted by Crippen LogP contribution is -2.35. The fraction of sp³-hybridized carbons (Fsp3) is 0.250. The number of hydrogen-bond donors (Lipinski definition) is 2. The summed E-state index contributed by atoms with van der Waals surface area (Å²) in [7, 11) is 1.60. The standard InChI is InChI=1S/C12H13N3O2/c1-12(10(7-13)11(14)17-15-12)8-3-5-9(16-2)6-4-8/h3-6,15H,14H2,1-2H3. The number of nitriles is 1. The first-order chi connectivity index (χ1) is 8.11. The molecule has 0 amide bonds. The molecule has 1 aliphatic heterocycles. The van der Waals surface area contributed by atoms with Gasteiger partial charge in [0.05, 0.1) is 7.11 Å². The van der Waals surface area contributed by atoms with Crippen LogP contribution in [0, 0.1) is 11.3 Å². The Hall–Kier alpha value is -2.19. The van der Waals surface area contributed by atoms with Crippen LogP contribution in [0.15, 0.2) is 35.7 Å². The van der Waals surface area contributed by atoms with Crippen molar-refractivity contribution in [2.45, 2.75) is 12.5 Å². The van der Waals surface area contributed by atoms with E-state index < -0.39 is 5.54 Å². The molecule has 0 aromatic heterocycles. The van der Waals surface area contributed by atoms with Crippen LogP contribution >= 0.6 is 0 Å². The van der Waals surface area contributed by atoms with Gasteiger partial charge in [0, 0.05) is 0 Å². The number of nitrogens with two attached hydrogens (primary N) is 1. The van der Waals surface area contributed by atoms with Crippen LogP contribution in [0.5, 0.6) is 5.75 Å². The summed E-state index contributed by atoms with van der Waals surface area (Å²) in [5.41, 5.74) is 8.93. The van der Waals surface area contributed by atoms with E-state index in [1.807, 2.05) is 31.2 Å². The molecule has 0 saturated heterocycles. The Kier molecular flexibility index (Phi) is 2.66. The molecule has 0 saturated carbocycles. The second-order valence-corrected chi connectivity index (χ2v) is 3.91.